The van der Waals surface area contributed by atoms with Crippen LogP contribution in [0.1, 0.15) is 36.7 Å². The molecule has 0 bridgehead atoms. The van der Waals surface area contributed by atoms with E-state index in [0.717, 1.165) is 41.4 Å². The van der Waals surface area contributed by atoms with Crippen molar-refractivity contribution in [3.05, 3.63) is 41.9 Å². The van der Waals surface area contributed by atoms with Crippen molar-refractivity contribution < 1.29 is 9.13 Å². The maximum absolute atomic E-state index is 14.4. The lowest BCUT2D eigenvalue weighted by Gasteiger charge is -2.14. The smallest absolute Gasteiger partial charge is 0.324 e. The minimum Gasteiger partial charge on any atom is -0.421 e. The summed E-state index contributed by atoms with van der Waals surface area (Å²) in [7, 11) is 1.78. The topological polar surface area (TPSA) is 101 Å². The van der Waals surface area contributed by atoms with Gasteiger partial charge in [-0.1, -0.05) is 0 Å². The molecule has 164 valence electrons. The molecule has 1 unspecified atom stereocenters. The van der Waals surface area contributed by atoms with E-state index in [-0.39, 0.29) is 17.7 Å². The predicted molar refractivity (Wildman–Crippen MR) is 120 cm³/mol. The molecule has 6 rings (SSSR count). The van der Waals surface area contributed by atoms with Crippen LogP contribution in [0.15, 0.2) is 24.5 Å². The third-order valence-corrected chi connectivity index (χ3v) is 6.77. The van der Waals surface area contributed by atoms with Crippen LogP contribution in [0.25, 0.3) is 21.9 Å². The Morgan fingerprint density at radius 1 is 1.16 bits per heavy atom. The molecule has 1 saturated carbocycles. The third-order valence-electron chi connectivity index (χ3n) is 6.77. The maximum atomic E-state index is 14.4. The van der Waals surface area contributed by atoms with Crippen LogP contribution in [0.4, 0.5) is 10.1 Å². The SMILES string of the molecule is CNc1cc(F)cc2c1[nH]c1nc(Oc3cnc(C)nc3)nc(C3C[C@H]4CCN[C@H]4C3)c12. The second-order valence-corrected chi connectivity index (χ2v) is 8.71. The van der Waals surface area contributed by atoms with Gasteiger partial charge in [0, 0.05) is 29.8 Å². The molecule has 3 aromatic heterocycles. The van der Waals surface area contributed by atoms with Crippen molar-refractivity contribution in [3.63, 3.8) is 0 Å². The van der Waals surface area contributed by atoms with Gasteiger partial charge in [-0.15, -0.1) is 0 Å². The predicted octanol–water partition coefficient (Wildman–Crippen LogP) is 4.04. The number of H-pyrrole nitrogens is 1. The van der Waals surface area contributed by atoms with Crippen LogP contribution in [0.3, 0.4) is 0 Å². The Bertz CT molecular complexity index is 1310. The van der Waals surface area contributed by atoms with Crippen LogP contribution in [-0.2, 0) is 0 Å². The molecule has 0 spiro atoms. The molecule has 1 aromatic carbocycles. The summed E-state index contributed by atoms with van der Waals surface area (Å²) >= 11 is 0. The summed E-state index contributed by atoms with van der Waals surface area (Å²) in [6.45, 7) is 2.89. The second-order valence-electron chi connectivity index (χ2n) is 8.71. The summed E-state index contributed by atoms with van der Waals surface area (Å²) in [6.07, 6.45) is 6.46. The van der Waals surface area contributed by atoms with E-state index in [9.17, 15) is 4.39 Å². The van der Waals surface area contributed by atoms with Crippen LogP contribution in [0, 0.1) is 18.7 Å². The lowest BCUT2D eigenvalue weighted by molar-refractivity contribution is 0.434. The number of nitrogens with one attached hydrogen (secondary N) is 3. The number of aromatic amines is 1. The van der Waals surface area contributed by atoms with E-state index in [1.807, 2.05) is 6.92 Å². The number of benzene rings is 1. The minimum absolute atomic E-state index is 0.239. The van der Waals surface area contributed by atoms with Crippen LogP contribution in [0.2, 0.25) is 0 Å². The number of aryl methyl sites for hydroxylation is 1. The Kier molecular flexibility index (Phi) is 4.46. The third kappa shape index (κ3) is 3.15. The van der Waals surface area contributed by atoms with Crippen molar-refractivity contribution in [1.82, 2.24) is 30.2 Å². The summed E-state index contributed by atoms with van der Waals surface area (Å²) in [5.74, 6) is 1.74. The van der Waals surface area contributed by atoms with Crippen molar-refractivity contribution in [2.75, 3.05) is 18.9 Å². The molecule has 0 radical (unpaired) electrons. The number of aromatic nitrogens is 5. The van der Waals surface area contributed by atoms with Gasteiger partial charge in [-0.25, -0.2) is 14.4 Å². The van der Waals surface area contributed by atoms with Gasteiger partial charge in [-0.3, -0.25) is 0 Å². The fourth-order valence-corrected chi connectivity index (χ4v) is 5.32. The molecule has 9 heteroatoms. The van der Waals surface area contributed by atoms with E-state index in [2.05, 4.69) is 30.6 Å². The number of nitrogens with zero attached hydrogens (tertiary/aromatic N) is 4. The highest BCUT2D eigenvalue weighted by atomic mass is 19.1. The van der Waals surface area contributed by atoms with E-state index >= 15 is 0 Å². The van der Waals surface area contributed by atoms with Gasteiger partial charge in [0.1, 0.15) is 17.3 Å². The summed E-state index contributed by atoms with van der Waals surface area (Å²) in [6, 6.07) is 3.79. The number of fused-ring (bicyclic) bond motifs is 4. The highest BCUT2D eigenvalue weighted by molar-refractivity contribution is 6.11. The van der Waals surface area contributed by atoms with Crippen LogP contribution >= 0.6 is 0 Å². The molecule has 8 nitrogen and oxygen atoms in total. The maximum Gasteiger partial charge on any atom is 0.324 e. The van der Waals surface area contributed by atoms with Gasteiger partial charge < -0.3 is 20.4 Å². The summed E-state index contributed by atoms with van der Waals surface area (Å²) in [5, 5.41) is 8.35. The van der Waals surface area contributed by atoms with Gasteiger partial charge in [0.15, 0.2) is 5.75 Å². The van der Waals surface area contributed by atoms with Crippen molar-refractivity contribution in [2.24, 2.45) is 5.92 Å². The molecule has 4 aromatic rings. The lowest BCUT2D eigenvalue weighted by Crippen LogP contribution is -2.22. The first kappa shape index (κ1) is 19.4. The normalized spacial score (nSPS) is 22.5. The zero-order valence-corrected chi connectivity index (χ0v) is 17.9. The zero-order chi connectivity index (χ0) is 21.8. The van der Waals surface area contributed by atoms with Crippen LogP contribution in [-0.4, -0.2) is 44.6 Å². The average molecular weight is 433 g/mol. The molecular formula is C23H24FN7O. The zero-order valence-electron chi connectivity index (χ0n) is 17.9. The number of hydrogen-bond acceptors (Lipinski definition) is 7. The fourth-order valence-electron chi connectivity index (χ4n) is 5.32. The molecular weight excluding hydrogens is 409 g/mol. The molecule has 2 fully saturated rings. The number of halogens is 1. The Labute approximate surface area is 184 Å². The van der Waals surface area contributed by atoms with E-state index < -0.39 is 0 Å². The van der Waals surface area contributed by atoms with Crippen molar-refractivity contribution in [1.29, 1.82) is 0 Å². The van der Waals surface area contributed by atoms with Crippen molar-refractivity contribution in [3.8, 4) is 11.8 Å². The molecule has 2 aliphatic rings. The van der Waals surface area contributed by atoms with Crippen molar-refractivity contribution >= 4 is 27.6 Å². The first-order chi connectivity index (χ1) is 15.6. The molecule has 32 heavy (non-hydrogen) atoms. The summed E-state index contributed by atoms with van der Waals surface area (Å²) in [5.41, 5.74) is 3.04. The van der Waals surface area contributed by atoms with Crippen LogP contribution in [0.5, 0.6) is 11.8 Å². The fraction of sp³-hybridized carbons (Fsp3) is 0.391. The van der Waals surface area contributed by atoms with E-state index in [1.54, 1.807) is 25.5 Å². The largest absolute Gasteiger partial charge is 0.421 e. The van der Waals surface area contributed by atoms with Gasteiger partial charge >= 0.3 is 6.01 Å². The molecule has 3 N–H and O–H groups in total. The minimum atomic E-state index is -0.296. The second kappa shape index (κ2) is 7.37. The van der Waals surface area contributed by atoms with Gasteiger partial charge in [0.05, 0.1) is 29.3 Å². The number of ether oxygens (including phenoxy) is 1. The van der Waals surface area contributed by atoms with E-state index in [0.29, 0.717) is 34.9 Å². The van der Waals surface area contributed by atoms with Crippen LogP contribution < -0.4 is 15.4 Å². The van der Waals surface area contributed by atoms with Gasteiger partial charge in [0.25, 0.3) is 0 Å². The Morgan fingerprint density at radius 3 is 2.78 bits per heavy atom. The standard InChI is InChI=1S/C23H24FN7O/c1-11-27-9-15(10-28-11)32-23-30-20(13-5-12-3-4-26-17(12)6-13)19-16-7-14(24)8-18(25-2)21(16)29-22(19)31-23/h7-10,12-13,17,25-26H,3-6H2,1-2H3,(H,29,30,31)/t12-,13?,17+/m1/s1. The van der Waals surface area contributed by atoms with Gasteiger partial charge in [0.2, 0.25) is 0 Å². The molecule has 1 saturated heterocycles. The van der Waals surface area contributed by atoms with Gasteiger partial charge in [-0.2, -0.15) is 9.97 Å². The molecule has 1 aliphatic heterocycles. The monoisotopic (exact) mass is 433 g/mol. The number of anilines is 1. The van der Waals surface area contributed by atoms with E-state index in [4.69, 9.17) is 9.72 Å². The molecule has 1 aliphatic carbocycles. The highest BCUT2D eigenvalue weighted by Gasteiger charge is 2.39. The first-order valence-corrected chi connectivity index (χ1v) is 11.0. The average Bonchev–Trinajstić information content (AvgIpc) is 3.47. The lowest BCUT2D eigenvalue weighted by atomic mass is 9.97. The van der Waals surface area contributed by atoms with Crippen molar-refractivity contribution in [2.45, 2.75) is 38.1 Å². The van der Waals surface area contributed by atoms with E-state index in [1.165, 1.54) is 12.5 Å². The summed E-state index contributed by atoms with van der Waals surface area (Å²) < 4.78 is 20.4. The first-order valence-electron chi connectivity index (χ1n) is 11.0. The molecule has 3 atom stereocenters. The highest BCUT2D eigenvalue weighted by Crippen LogP contribution is 2.45. The molecule has 0 amide bonds. The summed E-state index contributed by atoms with van der Waals surface area (Å²) in [4.78, 5) is 21.2. The number of hydrogen-bond donors (Lipinski definition) is 3. The Hall–Kier alpha value is -3.33. The molecule has 4 heterocycles. The Balaban J connectivity index is 1.53. The number of rotatable bonds is 4. The quantitative estimate of drug-likeness (QED) is 0.447. The Morgan fingerprint density at radius 2 is 2.00 bits per heavy atom. The van der Waals surface area contributed by atoms with Gasteiger partial charge in [-0.05, 0) is 50.8 Å².